The molecule has 0 aliphatic carbocycles. The van der Waals surface area contributed by atoms with Gasteiger partial charge in [-0.1, -0.05) is 43.8 Å². The highest BCUT2D eigenvalue weighted by Gasteiger charge is 2.13. The Bertz CT molecular complexity index is 947. The lowest BCUT2D eigenvalue weighted by molar-refractivity contribution is -0.120. The molecule has 0 saturated heterocycles. The molecule has 3 aromatic rings. The lowest BCUT2D eigenvalue weighted by atomic mass is 10.3. The Morgan fingerprint density at radius 3 is 2.70 bits per heavy atom. The van der Waals surface area contributed by atoms with Gasteiger partial charge in [0.1, 0.15) is 5.82 Å². The summed E-state index contributed by atoms with van der Waals surface area (Å²) in [4.78, 5) is 22.6. The molecule has 0 fully saturated rings. The Hall–Kier alpha value is -2.26. The van der Waals surface area contributed by atoms with Crippen LogP contribution in [-0.2, 0) is 11.3 Å². The summed E-state index contributed by atoms with van der Waals surface area (Å²) in [6, 6.07) is 10.1. The Labute approximate surface area is 185 Å². The minimum atomic E-state index is 0.0528. The van der Waals surface area contributed by atoms with Gasteiger partial charge >= 0.3 is 0 Å². The molecule has 2 heterocycles. The number of carbonyl (C=O) groups is 1. The van der Waals surface area contributed by atoms with Crippen LogP contribution in [0.5, 0.6) is 0 Å². The van der Waals surface area contributed by atoms with Crippen LogP contribution in [0.3, 0.4) is 0 Å². The molecule has 160 valence electrons. The average molecular weight is 445 g/mol. The normalized spacial score (nSPS) is 11.0. The number of nitrogens with one attached hydrogen (secondary N) is 2. The van der Waals surface area contributed by atoms with Gasteiger partial charge in [0.25, 0.3) is 0 Å². The van der Waals surface area contributed by atoms with E-state index in [1.807, 2.05) is 22.9 Å². The third-order valence-corrected chi connectivity index (χ3v) is 6.02. The van der Waals surface area contributed by atoms with Crippen molar-refractivity contribution in [2.75, 3.05) is 29.9 Å². The van der Waals surface area contributed by atoms with Crippen LogP contribution in [0.15, 0.2) is 46.6 Å². The van der Waals surface area contributed by atoms with Crippen molar-refractivity contribution in [2.45, 2.75) is 43.3 Å². The van der Waals surface area contributed by atoms with E-state index in [2.05, 4.69) is 51.7 Å². The van der Waals surface area contributed by atoms with Crippen LogP contribution < -0.4 is 10.6 Å². The Morgan fingerprint density at radius 2 is 1.93 bits per heavy atom. The number of nitrogens with zero attached hydrogens (tertiary/aromatic N) is 4. The number of fused-ring (bicyclic) bond motifs is 1. The second-order valence-corrected chi connectivity index (χ2v) is 8.98. The highest BCUT2D eigenvalue weighted by Crippen LogP contribution is 2.24. The Balaban J connectivity index is 1.54. The molecule has 0 spiro atoms. The molecular weight excluding hydrogens is 416 g/mol. The van der Waals surface area contributed by atoms with Crippen molar-refractivity contribution in [1.29, 1.82) is 0 Å². The zero-order valence-electron chi connectivity index (χ0n) is 17.4. The SMILES string of the molecule is CCCNc1nc(SCC)nc2c1cnn2CCNC(=O)CCSc1ccccc1. The second kappa shape index (κ2) is 11.8. The fraction of sp³-hybridized carbons (Fsp3) is 0.429. The van der Waals surface area contributed by atoms with Crippen molar-refractivity contribution >= 4 is 46.3 Å². The summed E-state index contributed by atoms with van der Waals surface area (Å²) < 4.78 is 1.84. The molecule has 0 bridgehead atoms. The first-order valence-corrected chi connectivity index (χ1v) is 12.2. The average Bonchev–Trinajstić information content (AvgIpc) is 3.16. The van der Waals surface area contributed by atoms with Gasteiger partial charge in [-0.05, 0) is 24.3 Å². The topological polar surface area (TPSA) is 84.7 Å². The predicted octanol–water partition coefficient (Wildman–Crippen LogP) is 4.06. The fourth-order valence-electron chi connectivity index (χ4n) is 2.84. The molecule has 3 rings (SSSR count). The van der Waals surface area contributed by atoms with Crippen molar-refractivity contribution in [2.24, 2.45) is 0 Å². The monoisotopic (exact) mass is 444 g/mol. The minimum Gasteiger partial charge on any atom is -0.369 e. The number of anilines is 1. The van der Waals surface area contributed by atoms with Crippen LogP contribution in [0.4, 0.5) is 5.82 Å². The van der Waals surface area contributed by atoms with E-state index in [1.54, 1.807) is 29.7 Å². The summed E-state index contributed by atoms with van der Waals surface area (Å²) in [6.45, 7) is 6.15. The van der Waals surface area contributed by atoms with E-state index >= 15 is 0 Å². The zero-order valence-corrected chi connectivity index (χ0v) is 19.1. The van der Waals surface area contributed by atoms with Crippen LogP contribution in [-0.4, -0.2) is 50.3 Å². The van der Waals surface area contributed by atoms with Gasteiger partial charge in [0.05, 0.1) is 18.1 Å². The molecule has 0 aliphatic rings. The van der Waals surface area contributed by atoms with E-state index in [4.69, 9.17) is 0 Å². The number of aromatic nitrogens is 4. The van der Waals surface area contributed by atoms with Crippen LogP contribution in [0.2, 0.25) is 0 Å². The lowest BCUT2D eigenvalue weighted by Gasteiger charge is -2.09. The molecule has 30 heavy (non-hydrogen) atoms. The largest absolute Gasteiger partial charge is 0.369 e. The van der Waals surface area contributed by atoms with Crippen molar-refractivity contribution in [3.8, 4) is 0 Å². The molecule has 7 nitrogen and oxygen atoms in total. The molecule has 2 N–H and O–H groups in total. The van der Waals surface area contributed by atoms with Gasteiger partial charge in [0, 0.05) is 30.2 Å². The maximum atomic E-state index is 12.1. The van der Waals surface area contributed by atoms with E-state index in [9.17, 15) is 4.79 Å². The summed E-state index contributed by atoms with van der Waals surface area (Å²) in [5.41, 5.74) is 0.799. The summed E-state index contributed by atoms with van der Waals surface area (Å²) >= 11 is 3.30. The molecule has 0 atom stereocenters. The minimum absolute atomic E-state index is 0.0528. The van der Waals surface area contributed by atoms with Gasteiger partial charge in [0.15, 0.2) is 10.8 Å². The molecule has 0 radical (unpaired) electrons. The first-order chi connectivity index (χ1) is 14.7. The van der Waals surface area contributed by atoms with Crippen molar-refractivity contribution in [1.82, 2.24) is 25.1 Å². The first kappa shape index (κ1) is 22.4. The highest BCUT2D eigenvalue weighted by molar-refractivity contribution is 7.99. The molecule has 2 aromatic heterocycles. The van der Waals surface area contributed by atoms with E-state index in [1.165, 1.54) is 4.90 Å². The Morgan fingerprint density at radius 1 is 1.10 bits per heavy atom. The quantitative estimate of drug-likeness (QED) is 0.322. The van der Waals surface area contributed by atoms with Gasteiger partial charge in [-0.2, -0.15) is 5.10 Å². The molecular formula is C21H28N6OS2. The maximum absolute atomic E-state index is 12.1. The zero-order chi connectivity index (χ0) is 21.2. The molecule has 9 heteroatoms. The van der Waals surface area contributed by atoms with Crippen LogP contribution in [0, 0.1) is 0 Å². The van der Waals surface area contributed by atoms with Crippen LogP contribution >= 0.6 is 23.5 Å². The standard InChI is InChI=1S/C21H28N6OS2/c1-3-11-23-19-17-15-24-27(20(17)26-21(25-19)29-4-2)13-12-22-18(28)10-14-30-16-8-6-5-7-9-16/h5-9,15H,3-4,10-14H2,1-2H3,(H,22,28)(H,23,25,26). The molecule has 0 unspecified atom stereocenters. The highest BCUT2D eigenvalue weighted by atomic mass is 32.2. The van der Waals surface area contributed by atoms with Gasteiger partial charge in [0.2, 0.25) is 5.91 Å². The number of benzene rings is 1. The van der Waals surface area contributed by atoms with Gasteiger partial charge in [-0.15, -0.1) is 11.8 Å². The summed E-state index contributed by atoms with van der Waals surface area (Å²) in [5, 5.41) is 12.5. The predicted molar refractivity (Wildman–Crippen MR) is 125 cm³/mol. The van der Waals surface area contributed by atoms with E-state index < -0.39 is 0 Å². The third-order valence-electron chi connectivity index (χ3n) is 4.28. The third kappa shape index (κ3) is 6.37. The van der Waals surface area contributed by atoms with Gasteiger partial charge in [-0.25, -0.2) is 14.6 Å². The fourth-order valence-corrected chi connectivity index (χ4v) is 4.28. The van der Waals surface area contributed by atoms with Crippen molar-refractivity contribution < 1.29 is 4.79 Å². The number of amides is 1. The molecule has 0 saturated carbocycles. The molecule has 1 aromatic carbocycles. The number of thioether (sulfide) groups is 2. The van der Waals surface area contributed by atoms with Gasteiger partial charge < -0.3 is 10.6 Å². The molecule has 1 amide bonds. The van der Waals surface area contributed by atoms with E-state index in [0.717, 1.165) is 46.5 Å². The summed E-state index contributed by atoms with van der Waals surface area (Å²) in [5.74, 6) is 2.55. The maximum Gasteiger partial charge on any atom is 0.220 e. The number of hydrogen-bond donors (Lipinski definition) is 2. The second-order valence-electron chi connectivity index (χ2n) is 6.58. The lowest BCUT2D eigenvalue weighted by Crippen LogP contribution is -2.27. The Kier molecular flexibility index (Phi) is 8.82. The van der Waals surface area contributed by atoms with Gasteiger partial charge in [-0.3, -0.25) is 4.79 Å². The first-order valence-electron chi connectivity index (χ1n) is 10.3. The number of hydrogen-bond acceptors (Lipinski definition) is 7. The van der Waals surface area contributed by atoms with Crippen LogP contribution in [0.1, 0.15) is 26.7 Å². The number of carbonyl (C=O) groups excluding carboxylic acids is 1. The van der Waals surface area contributed by atoms with Crippen molar-refractivity contribution in [3.05, 3.63) is 36.5 Å². The summed E-state index contributed by atoms with van der Waals surface area (Å²) in [6.07, 6.45) is 3.31. The summed E-state index contributed by atoms with van der Waals surface area (Å²) in [7, 11) is 0. The van der Waals surface area contributed by atoms with Crippen molar-refractivity contribution in [3.63, 3.8) is 0 Å². The van der Waals surface area contributed by atoms with Crippen LogP contribution in [0.25, 0.3) is 11.0 Å². The molecule has 0 aliphatic heterocycles. The smallest absolute Gasteiger partial charge is 0.220 e. The van der Waals surface area contributed by atoms with E-state index in [-0.39, 0.29) is 5.91 Å². The number of rotatable bonds is 12. The van der Waals surface area contributed by atoms with E-state index in [0.29, 0.717) is 19.5 Å².